The Kier molecular flexibility index (Phi) is 5.05. The Balaban J connectivity index is 1.56. The number of ether oxygens (including phenoxy) is 1. The van der Waals surface area contributed by atoms with E-state index in [0.29, 0.717) is 36.3 Å². The Labute approximate surface area is 168 Å². The summed E-state index contributed by atoms with van der Waals surface area (Å²) < 4.78 is 11.0. The van der Waals surface area contributed by atoms with Gasteiger partial charge in [0.25, 0.3) is 0 Å². The monoisotopic (exact) mass is 397 g/mol. The first kappa shape index (κ1) is 18.5. The molecule has 1 fully saturated rings. The Morgan fingerprint density at radius 2 is 2.14 bits per heavy atom. The van der Waals surface area contributed by atoms with Crippen LogP contribution in [0.2, 0.25) is 5.02 Å². The first-order valence-electron chi connectivity index (χ1n) is 9.18. The van der Waals surface area contributed by atoms with Crippen LogP contribution < -0.4 is 9.64 Å². The van der Waals surface area contributed by atoms with E-state index in [9.17, 15) is 4.79 Å². The zero-order chi connectivity index (χ0) is 19.7. The standard InChI is InChI=1S/C21H20ClN3O3/c1-3-27-17-6-4-5-14(9-17)20-23-21(28-24-20)15-10-19(26)25(12-15)18-11-16(22)8-7-13(18)2/h4-9,11,15H,3,10,12H2,1-2H3. The van der Waals surface area contributed by atoms with E-state index in [0.717, 1.165) is 22.6 Å². The number of hydrogen-bond acceptors (Lipinski definition) is 5. The average molecular weight is 398 g/mol. The molecule has 28 heavy (non-hydrogen) atoms. The number of halogens is 1. The molecular weight excluding hydrogens is 378 g/mol. The van der Waals surface area contributed by atoms with Gasteiger partial charge < -0.3 is 14.2 Å². The van der Waals surface area contributed by atoms with E-state index in [-0.39, 0.29) is 11.8 Å². The number of rotatable bonds is 5. The Hall–Kier alpha value is -2.86. The van der Waals surface area contributed by atoms with Gasteiger partial charge in [0.05, 0.1) is 12.5 Å². The maximum absolute atomic E-state index is 12.6. The third-order valence-electron chi connectivity index (χ3n) is 4.78. The SMILES string of the molecule is CCOc1cccc(-c2noc(C3CC(=O)N(c4cc(Cl)ccc4C)C3)n2)c1. The molecule has 1 amide bonds. The normalized spacial score (nSPS) is 16.6. The second-order valence-electron chi connectivity index (χ2n) is 6.75. The van der Waals surface area contributed by atoms with Crippen molar-refractivity contribution in [3.05, 3.63) is 58.9 Å². The van der Waals surface area contributed by atoms with Crippen LogP contribution in [0.3, 0.4) is 0 Å². The number of hydrogen-bond donors (Lipinski definition) is 0. The van der Waals surface area contributed by atoms with E-state index >= 15 is 0 Å². The van der Waals surface area contributed by atoms with Gasteiger partial charge in [-0.1, -0.05) is 35.0 Å². The molecule has 0 bridgehead atoms. The minimum Gasteiger partial charge on any atom is -0.494 e. The fraction of sp³-hybridized carbons (Fsp3) is 0.286. The number of aryl methyl sites for hydroxylation is 1. The number of anilines is 1. The second kappa shape index (κ2) is 7.64. The van der Waals surface area contributed by atoms with Crippen LogP contribution in [0, 0.1) is 6.92 Å². The van der Waals surface area contributed by atoms with Crippen LogP contribution >= 0.6 is 11.6 Å². The van der Waals surface area contributed by atoms with Gasteiger partial charge in [0.2, 0.25) is 17.6 Å². The van der Waals surface area contributed by atoms with Crippen LogP contribution in [0.1, 0.15) is 30.7 Å². The van der Waals surface area contributed by atoms with Crippen LogP contribution in [0.5, 0.6) is 5.75 Å². The third kappa shape index (κ3) is 3.60. The van der Waals surface area contributed by atoms with Crippen molar-refractivity contribution < 1.29 is 14.1 Å². The highest BCUT2D eigenvalue weighted by Crippen LogP contribution is 2.34. The summed E-state index contributed by atoms with van der Waals surface area (Å²) in [5.41, 5.74) is 2.63. The number of amides is 1. The van der Waals surface area contributed by atoms with Crippen molar-refractivity contribution in [3.63, 3.8) is 0 Å². The number of carbonyl (C=O) groups excluding carboxylic acids is 1. The van der Waals surface area contributed by atoms with E-state index in [4.69, 9.17) is 20.9 Å². The van der Waals surface area contributed by atoms with Crippen molar-refractivity contribution in [3.8, 4) is 17.1 Å². The number of carbonyl (C=O) groups is 1. The molecule has 6 nitrogen and oxygen atoms in total. The number of aromatic nitrogens is 2. The lowest BCUT2D eigenvalue weighted by molar-refractivity contribution is -0.117. The van der Waals surface area contributed by atoms with Gasteiger partial charge in [0, 0.05) is 29.2 Å². The predicted molar refractivity (Wildman–Crippen MR) is 107 cm³/mol. The molecule has 1 unspecified atom stereocenters. The van der Waals surface area contributed by atoms with Gasteiger partial charge >= 0.3 is 0 Å². The fourth-order valence-electron chi connectivity index (χ4n) is 3.39. The molecule has 0 saturated carbocycles. The van der Waals surface area contributed by atoms with Crippen molar-refractivity contribution in [1.82, 2.24) is 10.1 Å². The molecule has 2 aromatic carbocycles. The van der Waals surface area contributed by atoms with Gasteiger partial charge in [-0.05, 0) is 43.7 Å². The molecule has 1 aromatic heterocycles. The van der Waals surface area contributed by atoms with Gasteiger partial charge in [-0.25, -0.2) is 0 Å². The number of benzene rings is 2. The molecule has 4 rings (SSSR count). The van der Waals surface area contributed by atoms with Gasteiger partial charge in [-0.15, -0.1) is 0 Å². The van der Waals surface area contributed by atoms with Crippen molar-refractivity contribution >= 4 is 23.2 Å². The molecule has 1 atom stereocenters. The maximum Gasteiger partial charge on any atom is 0.232 e. The summed E-state index contributed by atoms with van der Waals surface area (Å²) in [6.07, 6.45) is 0.326. The Morgan fingerprint density at radius 3 is 2.96 bits per heavy atom. The molecule has 1 aliphatic heterocycles. The lowest BCUT2D eigenvalue weighted by Gasteiger charge is -2.18. The zero-order valence-electron chi connectivity index (χ0n) is 15.7. The smallest absolute Gasteiger partial charge is 0.232 e. The maximum atomic E-state index is 12.6. The van der Waals surface area contributed by atoms with E-state index in [2.05, 4.69) is 10.1 Å². The molecule has 0 spiro atoms. The quantitative estimate of drug-likeness (QED) is 0.628. The minimum absolute atomic E-state index is 0.0217. The minimum atomic E-state index is -0.151. The molecule has 3 aromatic rings. The van der Waals surface area contributed by atoms with Crippen LogP contribution in [0.4, 0.5) is 5.69 Å². The van der Waals surface area contributed by atoms with E-state index < -0.39 is 0 Å². The highest BCUT2D eigenvalue weighted by Gasteiger charge is 2.35. The highest BCUT2D eigenvalue weighted by atomic mass is 35.5. The highest BCUT2D eigenvalue weighted by molar-refractivity contribution is 6.31. The molecule has 144 valence electrons. The summed E-state index contributed by atoms with van der Waals surface area (Å²) in [4.78, 5) is 18.9. The van der Waals surface area contributed by atoms with Crippen LogP contribution in [0.25, 0.3) is 11.4 Å². The Morgan fingerprint density at radius 1 is 1.29 bits per heavy atom. The van der Waals surface area contributed by atoms with Crippen molar-refractivity contribution in [2.45, 2.75) is 26.2 Å². The summed E-state index contributed by atoms with van der Waals surface area (Å²) in [5, 5.41) is 4.70. The van der Waals surface area contributed by atoms with Crippen LogP contribution in [0.15, 0.2) is 47.0 Å². The van der Waals surface area contributed by atoms with Crippen LogP contribution in [-0.4, -0.2) is 29.2 Å². The molecule has 0 radical (unpaired) electrons. The van der Waals surface area contributed by atoms with Gasteiger partial charge in [0.1, 0.15) is 5.75 Å². The topological polar surface area (TPSA) is 68.5 Å². The lowest BCUT2D eigenvalue weighted by Crippen LogP contribution is -2.25. The van der Waals surface area contributed by atoms with Crippen molar-refractivity contribution in [2.75, 3.05) is 18.1 Å². The average Bonchev–Trinajstić information content (AvgIpc) is 3.31. The largest absolute Gasteiger partial charge is 0.494 e. The van der Waals surface area contributed by atoms with E-state index in [1.807, 2.05) is 56.3 Å². The van der Waals surface area contributed by atoms with Crippen molar-refractivity contribution in [2.24, 2.45) is 0 Å². The van der Waals surface area contributed by atoms with Gasteiger partial charge in [-0.2, -0.15) is 4.98 Å². The van der Waals surface area contributed by atoms with Gasteiger partial charge in [-0.3, -0.25) is 4.79 Å². The third-order valence-corrected chi connectivity index (χ3v) is 5.02. The summed E-state index contributed by atoms with van der Waals surface area (Å²) in [6, 6.07) is 13.1. The summed E-state index contributed by atoms with van der Waals surface area (Å²) in [5.74, 6) is 1.58. The summed E-state index contributed by atoms with van der Waals surface area (Å²) in [7, 11) is 0. The molecular formula is C21H20ClN3O3. The second-order valence-corrected chi connectivity index (χ2v) is 7.19. The first-order valence-corrected chi connectivity index (χ1v) is 9.56. The molecule has 1 aliphatic rings. The van der Waals surface area contributed by atoms with Gasteiger partial charge in [0.15, 0.2) is 0 Å². The van der Waals surface area contributed by atoms with Crippen LogP contribution in [-0.2, 0) is 4.79 Å². The molecule has 0 N–H and O–H groups in total. The first-order chi connectivity index (χ1) is 13.5. The molecule has 1 saturated heterocycles. The summed E-state index contributed by atoms with van der Waals surface area (Å²) in [6.45, 7) is 4.97. The molecule has 2 heterocycles. The number of nitrogens with zero attached hydrogens (tertiary/aromatic N) is 3. The van der Waals surface area contributed by atoms with E-state index in [1.54, 1.807) is 4.90 Å². The Bertz CT molecular complexity index is 1020. The van der Waals surface area contributed by atoms with E-state index in [1.165, 1.54) is 0 Å². The van der Waals surface area contributed by atoms with Crippen molar-refractivity contribution in [1.29, 1.82) is 0 Å². The molecule has 0 aliphatic carbocycles. The summed E-state index contributed by atoms with van der Waals surface area (Å²) >= 11 is 6.11. The fourth-order valence-corrected chi connectivity index (χ4v) is 3.56. The lowest BCUT2D eigenvalue weighted by atomic mass is 10.1. The molecule has 7 heteroatoms. The predicted octanol–water partition coefficient (Wildman–Crippen LogP) is 4.62. The zero-order valence-corrected chi connectivity index (χ0v) is 16.4.